The third kappa shape index (κ3) is 2.43. The highest BCUT2D eigenvalue weighted by atomic mass is 19.1. The summed E-state index contributed by atoms with van der Waals surface area (Å²) in [5.74, 6) is 4.98. The van der Waals surface area contributed by atoms with Gasteiger partial charge in [-0.15, -0.1) is 5.92 Å². The van der Waals surface area contributed by atoms with E-state index in [9.17, 15) is 9.18 Å². The molecule has 0 unspecified atom stereocenters. The van der Waals surface area contributed by atoms with Crippen LogP contribution < -0.4 is 0 Å². The van der Waals surface area contributed by atoms with Gasteiger partial charge in [0, 0.05) is 5.56 Å². The molecule has 0 radical (unpaired) electrons. The highest BCUT2D eigenvalue weighted by Crippen LogP contribution is 2.10. The van der Waals surface area contributed by atoms with Gasteiger partial charge in [-0.2, -0.15) is 0 Å². The van der Waals surface area contributed by atoms with Crippen molar-refractivity contribution >= 4 is 5.78 Å². The molecule has 0 saturated heterocycles. The van der Waals surface area contributed by atoms with Crippen LogP contribution in [0.15, 0.2) is 18.2 Å². The molecule has 72 valence electrons. The largest absolute Gasteiger partial charge is 0.293 e. The van der Waals surface area contributed by atoms with Crippen LogP contribution in [0, 0.1) is 24.6 Å². The number of ketones is 1. The number of rotatable bonds is 2. The minimum absolute atomic E-state index is 0.0672. The average molecular weight is 190 g/mol. The Morgan fingerprint density at radius 1 is 1.50 bits per heavy atom. The predicted molar refractivity (Wildman–Crippen MR) is 53.5 cm³/mol. The third-order valence-electron chi connectivity index (χ3n) is 1.91. The molecule has 0 aromatic heterocycles. The van der Waals surface area contributed by atoms with E-state index in [4.69, 9.17) is 0 Å². The van der Waals surface area contributed by atoms with Crippen LogP contribution in [0.4, 0.5) is 4.39 Å². The quantitative estimate of drug-likeness (QED) is 0.517. The molecule has 0 aliphatic carbocycles. The third-order valence-corrected chi connectivity index (χ3v) is 1.91. The van der Waals surface area contributed by atoms with Gasteiger partial charge < -0.3 is 0 Å². The molecular weight excluding hydrogens is 179 g/mol. The van der Waals surface area contributed by atoms with Gasteiger partial charge in [-0.3, -0.25) is 4.79 Å². The maximum Gasteiger partial charge on any atom is 0.174 e. The second-order valence-corrected chi connectivity index (χ2v) is 2.99. The predicted octanol–water partition coefficient (Wildman–Crippen LogP) is 2.73. The molecule has 0 saturated carbocycles. The van der Waals surface area contributed by atoms with Gasteiger partial charge >= 0.3 is 0 Å². The van der Waals surface area contributed by atoms with Gasteiger partial charge in [-0.1, -0.05) is 5.92 Å². The molecule has 0 atom stereocenters. The second kappa shape index (κ2) is 4.57. The van der Waals surface area contributed by atoms with Gasteiger partial charge in [0.2, 0.25) is 0 Å². The molecule has 0 bridgehead atoms. The Morgan fingerprint density at radius 3 is 2.79 bits per heavy atom. The van der Waals surface area contributed by atoms with E-state index in [1.807, 2.05) is 0 Å². The Kier molecular flexibility index (Phi) is 3.41. The van der Waals surface area contributed by atoms with Crippen molar-refractivity contribution in [2.24, 2.45) is 0 Å². The summed E-state index contributed by atoms with van der Waals surface area (Å²) >= 11 is 0. The monoisotopic (exact) mass is 190 g/mol. The maximum absolute atomic E-state index is 12.9. The van der Waals surface area contributed by atoms with Gasteiger partial charge in [0.1, 0.15) is 5.82 Å². The lowest BCUT2D eigenvalue weighted by Gasteiger charge is -1.99. The number of hydrogen-bond acceptors (Lipinski definition) is 1. The summed E-state index contributed by atoms with van der Waals surface area (Å²) in [7, 11) is 0. The molecule has 2 heteroatoms. The van der Waals surface area contributed by atoms with Crippen molar-refractivity contribution in [2.45, 2.75) is 20.3 Å². The summed E-state index contributed by atoms with van der Waals surface area (Å²) in [5, 5.41) is 0. The molecular formula is C12H11FO. The highest BCUT2D eigenvalue weighted by Gasteiger charge is 2.05. The molecule has 0 fully saturated rings. The number of halogens is 1. The number of benzene rings is 1. The van der Waals surface area contributed by atoms with Crippen molar-refractivity contribution < 1.29 is 9.18 Å². The van der Waals surface area contributed by atoms with Crippen molar-refractivity contribution in [1.82, 2.24) is 0 Å². The Morgan fingerprint density at radius 2 is 2.21 bits per heavy atom. The van der Waals surface area contributed by atoms with Crippen molar-refractivity contribution in [3.63, 3.8) is 0 Å². The molecule has 0 heterocycles. The van der Waals surface area contributed by atoms with Crippen molar-refractivity contribution in [2.75, 3.05) is 0 Å². The van der Waals surface area contributed by atoms with Crippen LogP contribution in [0.25, 0.3) is 0 Å². The molecule has 0 amide bonds. The van der Waals surface area contributed by atoms with E-state index in [0.717, 1.165) is 0 Å². The van der Waals surface area contributed by atoms with E-state index in [1.165, 1.54) is 12.1 Å². The Balaban J connectivity index is 2.89. The fraction of sp³-hybridized carbons (Fsp3) is 0.250. The first-order valence-electron chi connectivity index (χ1n) is 4.34. The fourth-order valence-electron chi connectivity index (χ4n) is 1.09. The molecule has 0 N–H and O–H groups in total. The summed E-state index contributed by atoms with van der Waals surface area (Å²) in [5.41, 5.74) is 1.01. The smallest absolute Gasteiger partial charge is 0.174 e. The number of Topliss-reactive ketones (excluding diaryl/α,β-unsaturated/α-hetero) is 1. The molecule has 1 nitrogen and oxygen atoms in total. The SMILES string of the molecule is CC#CCC(=O)c1ccc(F)c(C)c1. The number of aryl methyl sites for hydroxylation is 1. The van der Waals surface area contributed by atoms with Gasteiger partial charge in [0.15, 0.2) is 5.78 Å². The van der Waals surface area contributed by atoms with Crippen LogP contribution in [0.5, 0.6) is 0 Å². The summed E-state index contributed by atoms with van der Waals surface area (Å²) < 4.78 is 12.9. The summed E-state index contributed by atoms with van der Waals surface area (Å²) in [6, 6.07) is 4.35. The maximum atomic E-state index is 12.9. The van der Waals surface area contributed by atoms with Gasteiger partial charge in [0.25, 0.3) is 0 Å². The Hall–Kier alpha value is -1.62. The first-order valence-corrected chi connectivity index (χ1v) is 4.34. The van der Waals surface area contributed by atoms with Gasteiger partial charge in [-0.05, 0) is 37.6 Å². The highest BCUT2D eigenvalue weighted by molar-refractivity contribution is 5.97. The molecule has 14 heavy (non-hydrogen) atoms. The van der Waals surface area contributed by atoms with E-state index < -0.39 is 0 Å². The lowest BCUT2D eigenvalue weighted by molar-refractivity contribution is 0.0998. The molecule has 0 spiro atoms. The van der Waals surface area contributed by atoms with Crippen molar-refractivity contribution in [3.8, 4) is 11.8 Å². The van der Waals surface area contributed by atoms with Crippen LogP contribution in [0.3, 0.4) is 0 Å². The van der Waals surface area contributed by atoms with Crippen LogP contribution in [0.2, 0.25) is 0 Å². The zero-order valence-electron chi connectivity index (χ0n) is 8.23. The lowest BCUT2D eigenvalue weighted by Crippen LogP contribution is -1.98. The van der Waals surface area contributed by atoms with Crippen LogP contribution in [-0.2, 0) is 0 Å². The lowest BCUT2D eigenvalue weighted by atomic mass is 10.1. The molecule has 0 aliphatic rings. The zero-order chi connectivity index (χ0) is 10.6. The topological polar surface area (TPSA) is 17.1 Å². The van der Waals surface area contributed by atoms with E-state index >= 15 is 0 Å². The molecule has 0 aliphatic heterocycles. The zero-order valence-corrected chi connectivity index (χ0v) is 8.23. The van der Waals surface area contributed by atoms with Crippen LogP contribution in [-0.4, -0.2) is 5.78 Å². The molecule has 1 rings (SSSR count). The Labute approximate surface area is 82.9 Å². The minimum Gasteiger partial charge on any atom is -0.293 e. The van der Waals surface area contributed by atoms with E-state index in [1.54, 1.807) is 19.9 Å². The summed E-state index contributed by atoms with van der Waals surface area (Å²) in [4.78, 5) is 11.4. The first kappa shape index (κ1) is 10.5. The molecule has 1 aromatic carbocycles. The van der Waals surface area contributed by atoms with Gasteiger partial charge in [-0.25, -0.2) is 4.39 Å². The number of carbonyl (C=O) groups excluding carboxylic acids is 1. The number of carbonyl (C=O) groups is 1. The fourth-order valence-corrected chi connectivity index (χ4v) is 1.09. The Bertz CT molecular complexity index is 410. The van der Waals surface area contributed by atoms with E-state index in [0.29, 0.717) is 11.1 Å². The molecule has 1 aromatic rings. The van der Waals surface area contributed by atoms with Gasteiger partial charge in [0.05, 0.1) is 6.42 Å². The van der Waals surface area contributed by atoms with E-state index in [-0.39, 0.29) is 18.0 Å². The average Bonchev–Trinajstić information content (AvgIpc) is 2.18. The second-order valence-electron chi connectivity index (χ2n) is 2.99. The van der Waals surface area contributed by atoms with Crippen LogP contribution >= 0.6 is 0 Å². The normalized spacial score (nSPS) is 9.07. The van der Waals surface area contributed by atoms with Crippen molar-refractivity contribution in [3.05, 3.63) is 35.1 Å². The summed E-state index contributed by atoms with van der Waals surface area (Å²) in [6.45, 7) is 3.32. The first-order chi connectivity index (χ1) is 6.65. The van der Waals surface area contributed by atoms with Crippen molar-refractivity contribution in [1.29, 1.82) is 0 Å². The summed E-state index contributed by atoms with van der Waals surface area (Å²) in [6.07, 6.45) is 0.196. The number of hydrogen-bond donors (Lipinski definition) is 0. The van der Waals surface area contributed by atoms with Crippen LogP contribution in [0.1, 0.15) is 29.3 Å². The van der Waals surface area contributed by atoms with E-state index in [2.05, 4.69) is 11.8 Å². The minimum atomic E-state index is -0.289. The standard InChI is InChI=1S/C12H11FO/c1-3-4-5-12(14)10-6-7-11(13)9(2)8-10/h6-8H,5H2,1-2H3.